The molecule has 0 spiro atoms. The van der Waals surface area contributed by atoms with E-state index < -0.39 is 0 Å². The van der Waals surface area contributed by atoms with Crippen LogP contribution in [0.5, 0.6) is 5.75 Å². The van der Waals surface area contributed by atoms with Gasteiger partial charge in [-0.1, -0.05) is 18.6 Å². The van der Waals surface area contributed by atoms with Crippen LogP contribution in [0.3, 0.4) is 0 Å². The third-order valence-corrected chi connectivity index (χ3v) is 3.24. The van der Waals surface area contributed by atoms with E-state index >= 15 is 0 Å². The fraction of sp³-hybridized carbons (Fsp3) is 0.417. The highest BCUT2D eigenvalue weighted by atomic mass is 16.5. The van der Waals surface area contributed by atoms with E-state index in [1.165, 1.54) is 6.42 Å². The van der Waals surface area contributed by atoms with Gasteiger partial charge in [0, 0.05) is 5.92 Å². The minimum absolute atomic E-state index is 0.179. The van der Waals surface area contributed by atoms with Crippen molar-refractivity contribution in [1.29, 1.82) is 0 Å². The van der Waals surface area contributed by atoms with E-state index in [1.54, 1.807) is 0 Å². The van der Waals surface area contributed by atoms with E-state index in [2.05, 4.69) is 0 Å². The molecule has 72 valence electrons. The first kappa shape index (κ1) is 8.04. The number of hydrogen-bond donors (Lipinski definition) is 0. The number of ketones is 1. The minimum Gasteiger partial charge on any atom is -0.481 e. The van der Waals surface area contributed by atoms with Crippen molar-refractivity contribution < 1.29 is 9.53 Å². The molecule has 1 aliphatic heterocycles. The molecule has 0 aromatic heterocycles. The van der Waals surface area contributed by atoms with Crippen LogP contribution in [0, 0.1) is 5.92 Å². The van der Waals surface area contributed by atoms with Crippen LogP contribution < -0.4 is 4.74 Å². The Morgan fingerprint density at radius 3 is 2.64 bits per heavy atom. The lowest BCUT2D eigenvalue weighted by Gasteiger charge is -2.29. The summed E-state index contributed by atoms with van der Waals surface area (Å²) in [6.45, 7) is 0. The van der Waals surface area contributed by atoms with Gasteiger partial charge in [-0.2, -0.15) is 0 Å². The van der Waals surface area contributed by atoms with E-state index in [4.69, 9.17) is 4.74 Å². The van der Waals surface area contributed by atoms with Gasteiger partial charge in [-0.25, -0.2) is 0 Å². The van der Waals surface area contributed by atoms with Crippen molar-refractivity contribution in [1.82, 2.24) is 0 Å². The molecule has 1 aromatic rings. The molecule has 2 nitrogen and oxygen atoms in total. The second-order valence-electron chi connectivity index (χ2n) is 4.09. The molecule has 1 heterocycles. The summed E-state index contributed by atoms with van der Waals surface area (Å²) >= 11 is 0. The zero-order valence-corrected chi connectivity index (χ0v) is 7.90. The van der Waals surface area contributed by atoms with Gasteiger partial charge in [-0.15, -0.1) is 0 Å². The summed E-state index contributed by atoms with van der Waals surface area (Å²) in [5.41, 5.74) is 0.768. The molecule has 14 heavy (non-hydrogen) atoms. The molecular weight excluding hydrogens is 176 g/mol. The number of ether oxygens (including phenoxy) is 1. The Labute approximate surface area is 82.9 Å². The topological polar surface area (TPSA) is 26.3 Å². The predicted molar refractivity (Wildman–Crippen MR) is 52.5 cm³/mol. The molecule has 1 aliphatic carbocycles. The first-order chi connectivity index (χ1) is 6.86. The normalized spacial score (nSPS) is 25.4. The van der Waals surface area contributed by atoms with Gasteiger partial charge in [-0.3, -0.25) is 4.79 Å². The summed E-state index contributed by atoms with van der Waals surface area (Å²) < 4.78 is 5.67. The summed E-state index contributed by atoms with van der Waals surface area (Å²) in [5.74, 6) is 1.43. The van der Waals surface area contributed by atoms with Gasteiger partial charge >= 0.3 is 0 Å². The van der Waals surface area contributed by atoms with Crippen molar-refractivity contribution in [3.05, 3.63) is 29.8 Å². The number of benzene rings is 1. The minimum atomic E-state index is -0.179. The van der Waals surface area contributed by atoms with Gasteiger partial charge in [0.2, 0.25) is 5.78 Å². The van der Waals surface area contributed by atoms with Gasteiger partial charge in [0.15, 0.2) is 6.10 Å². The highest BCUT2D eigenvalue weighted by Gasteiger charge is 2.40. The molecule has 0 N–H and O–H groups in total. The van der Waals surface area contributed by atoms with Gasteiger partial charge < -0.3 is 4.74 Å². The van der Waals surface area contributed by atoms with Crippen molar-refractivity contribution in [2.45, 2.75) is 25.4 Å². The van der Waals surface area contributed by atoms with Crippen molar-refractivity contribution in [3.63, 3.8) is 0 Å². The van der Waals surface area contributed by atoms with Crippen molar-refractivity contribution >= 4 is 5.78 Å². The maximum Gasteiger partial charge on any atom is 0.207 e. The highest BCUT2D eigenvalue weighted by molar-refractivity contribution is 6.04. The molecule has 0 radical (unpaired) electrons. The van der Waals surface area contributed by atoms with Crippen LogP contribution in [0.15, 0.2) is 24.3 Å². The first-order valence-corrected chi connectivity index (χ1v) is 5.16. The molecule has 2 heteroatoms. The Morgan fingerprint density at radius 2 is 2.00 bits per heavy atom. The lowest BCUT2D eigenvalue weighted by Crippen LogP contribution is -2.34. The van der Waals surface area contributed by atoms with Crippen molar-refractivity contribution in [3.8, 4) is 5.75 Å². The Kier molecular flexibility index (Phi) is 1.63. The molecular formula is C12H12O2. The van der Waals surface area contributed by atoms with E-state index in [0.717, 1.165) is 24.2 Å². The molecule has 1 aromatic carbocycles. The standard InChI is InChI=1S/C12H12O2/c13-11-9-6-1-2-7-10(9)14-12(11)8-4-3-5-8/h1-2,6-8,12H,3-5H2. The smallest absolute Gasteiger partial charge is 0.207 e. The number of hydrogen-bond acceptors (Lipinski definition) is 2. The molecule has 1 unspecified atom stereocenters. The third kappa shape index (κ3) is 0.999. The number of carbonyl (C=O) groups is 1. The average molecular weight is 188 g/mol. The Balaban J connectivity index is 1.93. The molecule has 1 atom stereocenters. The zero-order valence-electron chi connectivity index (χ0n) is 7.90. The van der Waals surface area contributed by atoms with Crippen LogP contribution in [-0.4, -0.2) is 11.9 Å². The summed E-state index contributed by atoms with van der Waals surface area (Å²) in [6, 6.07) is 7.54. The fourth-order valence-corrected chi connectivity index (χ4v) is 2.17. The molecule has 0 amide bonds. The lowest BCUT2D eigenvalue weighted by atomic mass is 9.79. The molecule has 3 rings (SSSR count). The number of carbonyl (C=O) groups excluding carboxylic acids is 1. The van der Waals surface area contributed by atoms with Crippen LogP contribution >= 0.6 is 0 Å². The van der Waals surface area contributed by atoms with Gasteiger partial charge in [0.25, 0.3) is 0 Å². The lowest BCUT2D eigenvalue weighted by molar-refractivity contribution is 0.0636. The van der Waals surface area contributed by atoms with Crippen LogP contribution in [0.1, 0.15) is 29.6 Å². The summed E-state index contributed by atoms with van der Waals surface area (Å²) in [6.07, 6.45) is 3.35. The average Bonchev–Trinajstić information content (AvgIpc) is 2.43. The fourth-order valence-electron chi connectivity index (χ4n) is 2.17. The number of rotatable bonds is 1. The van der Waals surface area contributed by atoms with Crippen LogP contribution in [0.2, 0.25) is 0 Å². The maximum atomic E-state index is 11.9. The molecule has 0 bridgehead atoms. The molecule has 1 saturated carbocycles. The molecule has 1 fully saturated rings. The number of Topliss-reactive ketones (excluding diaryl/α,β-unsaturated/α-hetero) is 1. The van der Waals surface area contributed by atoms with Gasteiger partial charge in [0.1, 0.15) is 5.75 Å². The Hall–Kier alpha value is -1.31. The zero-order chi connectivity index (χ0) is 9.54. The predicted octanol–water partition coefficient (Wildman–Crippen LogP) is 2.43. The maximum absolute atomic E-state index is 11.9. The van der Waals surface area contributed by atoms with E-state index in [1.807, 2.05) is 24.3 Å². The Bertz CT molecular complexity index is 380. The number of fused-ring (bicyclic) bond motifs is 1. The quantitative estimate of drug-likeness (QED) is 0.676. The summed E-state index contributed by atoms with van der Waals surface area (Å²) in [7, 11) is 0. The van der Waals surface area contributed by atoms with Crippen molar-refractivity contribution in [2.75, 3.05) is 0 Å². The van der Waals surface area contributed by atoms with Crippen LogP contribution in [0.4, 0.5) is 0 Å². The van der Waals surface area contributed by atoms with E-state index in [0.29, 0.717) is 5.92 Å². The summed E-state index contributed by atoms with van der Waals surface area (Å²) in [4.78, 5) is 11.9. The van der Waals surface area contributed by atoms with Crippen LogP contribution in [-0.2, 0) is 0 Å². The SMILES string of the molecule is O=C1c2ccccc2OC1C1CCC1. The molecule has 0 saturated heterocycles. The van der Waals surface area contributed by atoms with Gasteiger partial charge in [-0.05, 0) is 25.0 Å². The van der Waals surface area contributed by atoms with Crippen LogP contribution in [0.25, 0.3) is 0 Å². The monoisotopic (exact) mass is 188 g/mol. The third-order valence-electron chi connectivity index (χ3n) is 3.24. The van der Waals surface area contributed by atoms with E-state index in [9.17, 15) is 4.79 Å². The van der Waals surface area contributed by atoms with Crippen molar-refractivity contribution in [2.24, 2.45) is 5.92 Å². The highest BCUT2D eigenvalue weighted by Crippen LogP contribution is 2.38. The first-order valence-electron chi connectivity index (χ1n) is 5.16. The largest absolute Gasteiger partial charge is 0.481 e. The number of para-hydroxylation sites is 1. The Morgan fingerprint density at radius 1 is 1.21 bits per heavy atom. The second-order valence-corrected chi connectivity index (χ2v) is 4.09. The summed E-state index contributed by atoms with van der Waals surface area (Å²) in [5, 5.41) is 0. The van der Waals surface area contributed by atoms with E-state index in [-0.39, 0.29) is 11.9 Å². The molecule has 2 aliphatic rings. The van der Waals surface area contributed by atoms with Gasteiger partial charge in [0.05, 0.1) is 5.56 Å². The second kappa shape index (κ2) is 2.84.